The maximum atomic E-state index is 10.4. The minimum Gasteiger partial charge on any atom is -0.390 e. The van der Waals surface area contributed by atoms with Crippen molar-refractivity contribution in [3.8, 4) is 0 Å². The average molecular weight is 288 g/mol. The first kappa shape index (κ1) is 18.0. The minimum atomic E-state index is -0.662. The van der Waals surface area contributed by atoms with Gasteiger partial charge in [0.15, 0.2) is 0 Å². The predicted octanol–water partition coefficient (Wildman–Crippen LogP) is 5.73. The van der Waals surface area contributed by atoms with Crippen molar-refractivity contribution in [3.05, 3.63) is 47.1 Å². The van der Waals surface area contributed by atoms with Crippen LogP contribution in [0, 0.1) is 5.92 Å². The molecule has 1 heteroatoms. The highest BCUT2D eigenvalue weighted by Crippen LogP contribution is 2.26. The Kier molecular flexibility index (Phi) is 7.17. The molecular formula is C20H32O. The van der Waals surface area contributed by atoms with Gasteiger partial charge in [-0.15, -0.1) is 0 Å². The predicted molar refractivity (Wildman–Crippen MR) is 93.3 cm³/mol. The SMILES string of the molecule is CC1=C/C/C=C(\C)CC/C=C(\C)CC[C@@H](C(C)(C)O)\C=C\1. The largest absolute Gasteiger partial charge is 0.390 e. The molecule has 21 heavy (non-hydrogen) atoms. The molecule has 0 saturated heterocycles. The Labute approximate surface area is 131 Å². The molecule has 0 aromatic rings. The highest BCUT2D eigenvalue weighted by Gasteiger charge is 2.23. The van der Waals surface area contributed by atoms with E-state index in [4.69, 9.17) is 0 Å². The van der Waals surface area contributed by atoms with Crippen molar-refractivity contribution in [3.63, 3.8) is 0 Å². The Morgan fingerprint density at radius 1 is 1.00 bits per heavy atom. The molecular weight excluding hydrogens is 256 g/mol. The van der Waals surface area contributed by atoms with Crippen molar-refractivity contribution >= 4 is 0 Å². The average Bonchev–Trinajstić information content (AvgIpc) is 2.36. The molecule has 0 spiro atoms. The highest BCUT2D eigenvalue weighted by atomic mass is 16.3. The van der Waals surface area contributed by atoms with Gasteiger partial charge in [0, 0.05) is 5.92 Å². The van der Waals surface area contributed by atoms with Gasteiger partial charge in [-0.3, -0.25) is 0 Å². The standard InChI is InChI=1S/C20H32O/c1-16-8-6-10-17(2)12-14-19(20(4,5)21)15-13-18(3)11-7-9-16/h8,10-12,14,19,21H,6-7,9,13,15H2,1-5H3/b14-12+,16-8+,17-10-,18-11+/t19-/m0/s1. The lowest BCUT2D eigenvalue weighted by molar-refractivity contribution is 0.0338. The number of hydrogen-bond donors (Lipinski definition) is 1. The van der Waals surface area contributed by atoms with Gasteiger partial charge in [-0.2, -0.15) is 0 Å². The molecule has 0 saturated carbocycles. The third-order valence-corrected chi connectivity index (χ3v) is 4.29. The first-order valence-electron chi connectivity index (χ1n) is 8.17. The Morgan fingerprint density at radius 2 is 1.67 bits per heavy atom. The van der Waals surface area contributed by atoms with E-state index in [-0.39, 0.29) is 5.92 Å². The van der Waals surface area contributed by atoms with Crippen molar-refractivity contribution in [1.82, 2.24) is 0 Å². The molecule has 0 aromatic heterocycles. The van der Waals surface area contributed by atoms with Gasteiger partial charge in [0.05, 0.1) is 5.60 Å². The van der Waals surface area contributed by atoms with Crippen LogP contribution in [0.15, 0.2) is 47.1 Å². The van der Waals surface area contributed by atoms with E-state index in [1.807, 2.05) is 13.8 Å². The van der Waals surface area contributed by atoms with Gasteiger partial charge in [0.1, 0.15) is 0 Å². The molecule has 0 heterocycles. The van der Waals surface area contributed by atoms with Crippen LogP contribution in [0.5, 0.6) is 0 Å². The van der Waals surface area contributed by atoms with Crippen LogP contribution in [-0.2, 0) is 0 Å². The van der Waals surface area contributed by atoms with Gasteiger partial charge in [0.25, 0.3) is 0 Å². The number of hydrogen-bond acceptors (Lipinski definition) is 1. The molecule has 0 aliphatic heterocycles. The van der Waals surface area contributed by atoms with Gasteiger partial charge in [-0.25, -0.2) is 0 Å². The molecule has 0 fully saturated rings. The topological polar surface area (TPSA) is 20.2 Å². The lowest BCUT2D eigenvalue weighted by Gasteiger charge is -2.27. The van der Waals surface area contributed by atoms with E-state index < -0.39 is 5.60 Å². The molecule has 0 radical (unpaired) electrons. The van der Waals surface area contributed by atoms with Gasteiger partial charge >= 0.3 is 0 Å². The molecule has 1 aliphatic rings. The van der Waals surface area contributed by atoms with Crippen LogP contribution in [0.3, 0.4) is 0 Å². The summed E-state index contributed by atoms with van der Waals surface area (Å²) in [4.78, 5) is 0. The van der Waals surface area contributed by atoms with Crippen LogP contribution in [0.2, 0.25) is 0 Å². The Balaban J connectivity index is 2.93. The molecule has 1 nitrogen and oxygen atoms in total. The molecule has 0 aromatic carbocycles. The maximum Gasteiger partial charge on any atom is 0.0654 e. The quantitative estimate of drug-likeness (QED) is 0.611. The lowest BCUT2D eigenvalue weighted by Crippen LogP contribution is -2.29. The van der Waals surface area contributed by atoms with Crippen molar-refractivity contribution in [2.24, 2.45) is 5.92 Å². The van der Waals surface area contributed by atoms with E-state index in [1.165, 1.54) is 16.7 Å². The fourth-order valence-corrected chi connectivity index (χ4v) is 2.60. The van der Waals surface area contributed by atoms with E-state index in [0.29, 0.717) is 0 Å². The summed E-state index contributed by atoms with van der Waals surface area (Å²) >= 11 is 0. The van der Waals surface area contributed by atoms with Crippen LogP contribution < -0.4 is 0 Å². The summed E-state index contributed by atoms with van der Waals surface area (Å²) in [5.74, 6) is 0.199. The molecule has 0 unspecified atom stereocenters. The summed E-state index contributed by atoms with van der Waals surface area (Å²) in [6.07, 6.45) is 16.6. The van der Waals surface area contributed by atoms with E-state index in [9.17, 15) is 5.11 Å². The van der Waals surface area contributed by atoms with Gasteiger partial charge in [0.2, 0.25) is 0 Å². The van der Waals surface area contributed by atoms with E-state index in [0.717, 1.165) is 32.1 Å². The lowest BCUT2D eigenvalue weighted by atomic mass is 9.85. The molecule has 1 atom stereocenters. The number of allylic oxidation sites excluding steroid dienone is 7. The van der Waals surface area contributed by atoms with Crippen molar-refractivity contribution < 1.29 is 5.11 Å². The first-order chi connectivity index (χ1) is 9.79. The molecule has 1 rings (SSSR count). The smallest absolute Gasteiger partial charge is 0.0654 e. The maximum absolute atomic E-state index is 10.4. The number of rotatable bonds is 1. The second kappa shape index (κ2) is 8.38. The van der Waals surface area contributed by atoms with Crippen LogP contribution in [-0.4, -0.2) is 10.7 Å². The Hall–Kier alpha value is -1.08. The third-order valence-electron chi connectivity index (χ3n) is 4.29. The monoisotopic (exact) mass is 288 g/mol. The Morgan fingerprint density at radius 3 is 2.33 bits per heavy atom. The van der Waals surface area contributed by atoms with Gasteiger partial charge in [-0.1, -0.05) is 47.1 Å². The summed E-state index contributed by atoms with van der Waals surface area (Å²) in [7, 11) is 0. The van der Waals surface area contributed by atoms with Crippen LogP contribution in [0.4, 0.5) is 0 Å². The molecule has 1 N–H and O–H groups in total. The highest BCUT2D eigenvalue weighted by molar-refractivity contribution is 5.20. The summed E-state index contributed by atoms with van der Waals surface area (Å²) in [5, 5.41) is 10.4. The number of aliphatic hydroxyl groups is 1. The van der Waals surface area contributed by atoms with Crippen LogP contribution >= 0.6 is 0 Å². The first-order valence-corrected chi connectivity index (χ1v) is 8.17. The molecule has 0 bridgehead atoms. The van der Waals surface area contributed by atoms with Gasteiger partial charge < -0.3 is 5.11 Å². The van der Waals surface area contributed by atoms with E-state index in [1.54, 1.807) is 0 Å². The molecule has 1 aliphatic carbocycles. The van der Waals surface area contributed by atoms with Crippen LogP contribution in [0.25, 0.3) is 0 Å². The second-order valence-electron chi connectivity index (χ2n) is 6.98. The van der Waals surface area contributed by atoms with Crippen LogP contribution in [0.1, 0.15) is 66.7 Å². The minimum absolute atomic E-state index is 0.199. The summed E-state index contributed by atoms with van der Waals surface area (Å²) < 4.78 is 0. The van der Waals surface area contributed by atoms with E-state index in [2.05, 4.69) is 51.2 Å². The second-order valence-corrected chi connectivity index (χ2v) is 6.98. The van der Waals surface area contributed by atoms with Crippen molar-refractivity contribution in [2.45, 2.75) is 72.3 Å². The zero-order valence-electron chi connectivity index (χ0n) is 14.4. The fourth-order valence-electron chi connectivity index (χ4n) is 2.60. The zero-order valence-corrected chi connectivity index (χ0v) is 14.4. The molecule has 0 amide bonds. The fraction of sp³-hybridized carbons (Fsp3) is 0.600. The Bertz CT molecular complexity index is 441. The van der Waals surface area contributed by atoms with Crippen molar-refractivity contribution in [2.75, 3.05) is 0 Å². The van der Waals surface area contributed by atoms with Gasteiger partial charge in [-0.05, 0) is 66.7 Å². The summed E-state index contributed by atoms with van der Waals surface area (Å²) in [6.45, 7) is 10.4. The molecule has 118 valence electrons. The summed E-state index contributed by atoms with van der Waals surface area (Å²) in [5.41, 5.74) is 3.52. The van der Waals surface area contributed by atoms with Crippen molar-refractivity contribution in [1.29, 1.82) is 0 Å². The summed E-state index contributed by atoms with van der Waals surface area (Å²) in [6, 6.07) is 0. The zero-order chi connectivity index (χ0) is 15.9. The van der Waals surface area contributed by atoms with E-state index >= 15 is 0 Å². The normalized spacial score (nSPS) is 31.9. The third kappa shape index (κ3) is 7.47.